The zero-order valence-electron chi connectivity index (χ0n) is 12.6. The van der Waals surface area contributed by atoms with Crippen molar-refractivity contribution in [3.05, 3.63) is 78.4 Å². The fourth-order valence-corrected chi connectivity index (χ4v) is 2.16. The van der Waals surface area contributed by atoms with Crippen LogP contribution in [0.1, 0.15) is 22.3 Å². The van der Waals surface area contributed by atoms with Gasteiger partial charge in [0.15, 0.2) is 0 Å². The SMILES string of the molecule is C=CCOc1ccccc1C(=O)NCCCc1ccccc1. The van der Waals surface area contributed by atoms with Crippen molar-refractivity contribution in [3.63, 3.8) is 0 Å². The van der Waals surface area contributed by atoms with Crippen LogP contribution in [0, 0.1) is 0 Å². The van der Waals surface area contributed by atoms with Crippen LogP contribution in [0.3, 0.4) is 0 Å². The summed E-state index contributed by atoms with van der Waals surface area (Å²) in [5, 5.41) is 2.94. The summed E-state index contributed by atoms with van der Waals surface area (Å²) in [5.74, 6) is 0.482. The number of aryl methyl sites for hydroxylation is 1. The van der Waals surface area contributed by atoms with Crippen molar-refractivity contribution in [1.82, 2.24) is 5.32 Å². The van der Waals surface area contributed by atoms with Crippen molar-refractivity contribution in [2.24, 2.45) is 0 Å². The Morgan fingerprint density at radius 2 is 1.82 bits per heavy atom. The lowest BCUT2D eigenvalue weighted by Gasteiger charge is -2.10. The second-order valence-corrected chi connectivity index (χ2v) is 4.94. The van der Waals surface area contributed by atoms with Crippen LogP contribution < -0.4 is 10.1 Å². The molecule has 2 aromatic carbocycles. The van der Waals surface area contributed by atoms with Gasteiger partial charge >= 0.3 is 0 Å². The molecule has 3 heteroatoms. The molecule has 0 fully saturated rings. The molecule has 0 atom stereocenters. The quantitative estimate of drug-likeness (QED) is 0.597. The monoisotopic (exact) mass is 295 g/mol. The molecule has 0 saturated heterocycles. The average Bonchev–Trinajstić information content (AvgIpc) is 2.58. The average molecular weight is 295 g/mol. The van der Waals surface area contributed by atoms with E-state index in [0.717, 1.165) is 12.8 Å². The number of para-hydroxylation sites is 1. The van der Waals surface area contributed by atoms with Crippen molar-refractivity contribution in [1.29, 1.82) is 0 Å². The van der Waals surface area contributed by atoms with E-state index in [0.29, 0.717) is 24.5 Å². The molecule has 3 nitrogen and oxygen atoms in total. The van der Waals surface area contributed by atoms with E-state index in [1.165, 1.54) is 5.56 Å². The third kappa shape index (κ3) is 4.77. The van der Waals surface area contributed by atoms with Gasteiger partial charge < -0.3 is 10.1 Å². The molecule has 0 bridgehead atoms. The Labute approximate surface area is 131 Å². The molecule has 0 aromatic heterocycles. The Morgan fingerprint density at radius 3 is 2.59 bits per heavy atom. The summed E-state index contributed by atoms with van der Waals surface area (Å²) < 4.78 is 5.50. The molecule has 0 heterocycles. The largest absolute Gasteiger partial charge is 0.489 e. The van der Waals surface area contributed by atoms with E-state index in [2.05, 4.69) is 24.0 Å². The van der Waals surface area contributed by atoms with Crippen molar-refractivity contribution in [3.8, 4) is 5.75 Å². The van der Waals surface area contributed by atoms with Gasteiger partial charge in [0.1, 0.15) is 12.4 Å². The lowest BCUT2D eigenvalue weighted by molar-refractivity contribution is 0.0949. The van der Waals surface area contributed by atoms with Gasteiger partial charge in [0.05, 0.1) is 5.56 Å². The third-order valence-electron chi connectivity index (χ3n) is 3.26. The summed E-state index contributed by atoms with van der Waals surface area (Å²) in [7, 11) is 0. The number of rotatable bonds is 8. The summed E-state index contributed by atoms with van der Waals surface area (Å²) >= 11 is 0. The first-order valence-corrected chi connectivity index (χ1v) is 7.46. The Kier molecular flexibility index (Phi) is 6.24. The van der Waals surface area contributed by atoms with E-state index in [4.69, 9.17) is 4.74 Å². The topological polar surface area (TPSA) is 38.3 Å². The molecule has 0 aliphatic rings. The molecule has 0 aliphatic carbocycles. The smallest absolute Gasteiger partial charge is 0.255 e. The lowest BCUT2D eigenvalue weighted by Crippen LogP contribution is -2.25. The highest BCUT2D eigenvalue weighted by Crippen LogP contribution is 2.17. The summed E-state index contributed by atoms with van der Waals surface area (Å²) in [4.78, 5) is 12.2. The van der Waals surface area contributed by atoms with Gasteiger partial charge in [0.2, 0.25) is 0 Å². The molecule has 0 radical (unpaired) electrons. The predicted molar refractivity (Wildman–Crippen MR) is 89.2 cm³/mol. The number of hydrogen-bond acceptors (Lipinski definition) is 2. The summed E-state index contributed by atoms with van der Waals surface area (Å²) in [6.45, 7) is 4.64. The van der Waals surface area contributed by atoms with Crippen LogP contribution in [-0.4, -0.2) is 19.1 Å². The van der Waals surface area contributed by atoms with Crippen LogP contribution in [0.4, 0.5) is 0 Å². The number of hydrogen-bond donors (Lipinski definition) is 1. The molecular weight excluding hydrogens is 274 g/mol. The van der Waals surface area contributed by atoms with Crippen LogP contribution in [-0.2, 0) is 6.42 Å². The highest BCUT2D eigenvalue weighted by Gasteiger charge is 2.10. The molecule has 0 saturated carbocycles. The molecule has 2 aromatic rings. The molecule has 22 heavy (non-hydrogen) atoms. The Hall–Kier alpha value is -2.55. The molecule has 2 rings (SSSR count). The molecular formula is C19H21NO2. The number of carbonyl (C=O) groups is 1. The maximum atomic E-state index is 12.2. The zero-order chi connectivity index (χ0) is 15.6. The molecule has 0 aliphatic heterocycles. The minimum absolute atomic E-state index is 0.104. The standard InChI is InChI=1S/C19H21NO2/c1-2-15-22-18-13-7-6-12-17(18)19(21)20-14-8-11-16-9-4-3-5-10-16/h2-7,9-10,12-13H,1,8,11,14-15H2,(H,20,21). The second kappa shape index (κ2) is 8.67. The van der Waals surface area contributed by atoms with Crippen LogP contribution in [0.25, 0.3) is 0 Å². The van der Waals surface area contributed by atoms with Crippen molar-refractivity contribution in [2.45, 2.75) is 12.8 Å². The Balaban J connectivity index is 1.83. The van der Waals surface area contributed by atoms with Crippen LogP contribution in [0.15, 0.2) is 67.3 Å². The fourth-order valence-electron chi connectivity index (χ4n) is 2.16. The van der Waals surface area contributed by atoms with Crippen LogP contribution in [0.2, 0.25) is 0 Å². The first-order valence-electron chi connectivity index (χ1n) is 7.46. The minimum atomic E-state index is -0.104. The molecule has 1 N–H and O–H groups in total. The van der Waals surface area contributed by atoms with E-state index in [9.17, 15) is 4.79 Å². The first-order chi connectivity index (χ1) is 10.8. The maximum absolute atomic E-state index is 12.2. The Morgan fingerprint density at radius 1 is 1.09 bits per heavy atom. The second-order valence-electron chi connectivity index (χ2n) is 4.94. The number of amides is 1. The number of carbonyl (C=O) groups excluding carboxylic acids is 1. The fraction of sp³-hybridized carbons (Fsp3) is 0.211. The van der Waals surface area contributed by atoms with Gasteiger partial charge in [-0.1, -0.05) is 55.1 Å². The van der Waals surface area contributed by atoms with E-state index in [-0.39, 0.29) is 5.91 Å². The van der Waals surface area contributed by atoms with E-state index < -0.39 is 0 Å². The van der Waals surface area contributed by atoms with Gasteiger partial charge in [-0.15, -0.1) is 0 Å². The number of benzene rings is 2. The minimum Gasteiger partial charge on any atom is -0.489 e. The zero-order valence-corrected chi connectivity index (χ0v) is 12.6. The predicted octanol–water partition coefficient (Wildman–Crippen LogP) is 3.61. The van der Waals surface area contributed by atoms with Gasteiger partial charge in [0.25, 0.3) is 5.91 Å². The van der Waals surface area contributed by atoms with Crippen LogP contribution in [0.5, 0.6) is 5.75 Å². The number of nitrogens with one attached hydrogen (secondary N) is 1. The number of ether oxygens (including phenoxy) is 1. The first kappa shape index (κ1) is 15.8. The molecule has 114 valence electrons. The van der Waals surface area contributed by atoms with E-state index in [1.807, 2.05) is 30.3 Å². The van der Waals surface area contributed by atoms with Gasteiger partial charge in [-0.3, -0.25) is 4.79 Å². The van der Waals surface area contributed by atoms with Gasteiger partial charge in [-0.05, 0) is 30.5 Å². The van der Waals surface area contributed by atoms with Gasteiger partial charge in [-0.2, -0.15) is 0 Å². The summed E-state index contributed by atoms with van der Waals surface area (Å²) in [6.07, 6.45) is 3.52. The van der Waals surface area contributed by atoms with Crippen molar-refractivity contribution in [2.75, 3.05) is 13.2 Å². The van der Waals surface area contributed by atoms with Crippen LogP contribution >= 0.6 is 0 Å². The lowest BCUT2D eigenvalue weighted by atomic mass is 10.1. The van der Waals surface area contributed by atoms with Gasteiger partial charge in [0, 0.05) is 6.54 Å². The van der Waals surface area contributed by atoms with Crippen molar-refractivity contribution >= 4 is 5.91 Å². The normalized spacial score (nSPS) is 10.0. The molecule has 0 unspecified atom stereocenters. The maximum Gasteiger partial charge on any atom is 0.255 e. The summed E-state index contributed by atoms with van der Waals surface area (Å²) in [5.41, 5.74) is 1.84. The molecule has 1 amide bonds. The molecule has 0 spiro atoms. The third-order valence-corrected chi connectivity index (χ3v) is 3.26. The highest BCUT2D eigenvalue weighted by atomic mass is 16.5. The van der Waals surface area contributed by atoms with E-state index >= 15 is 0 Å². The highest BCUT2D eigenvalue weighted by molar-refractivity contribution is 5.96. The van der Waals surface area contributed by atoms with Gasteiger partial charge in [-0.25, -0.2) is 0 Å². The summed E-state index contributed by atoms with van der Waals surface area (Å²) in [6, 6.07) is 17.5. The Bertz CT molecular complexity index is 608. The van der Waals surface area contributed by atoms with E-state index in [1.54, 1.807) is 18.2 Å². The van der Waals surface area contributed by atoms with Crippen molar-refractivity contribution < 1.29 is 9.53 Å².